The fraction of sp³-hybridized carbons (Fsp3) is 0.417. The second kappa shape index (κ2) is 4.04. The summed E-state index contributed by atoms with van der Waals surface area (Å²) in [6, 6.07) is 5.75. The van der Waals surface area contributed by atoms with Crippen molar-refractivity contribution in [2.75, 3.05) is 7.11 Å². The molecule has 16 heavy (non-hydrogen) atoms. The Balaban J connectivity index is 2.94. The summed E-state index contributed by atoms with van der Waals surface area (Å²) in [6.45, 7) is 5.27. The van der Waals surface area contributed by atoms with E-state index in [4.69, 9.17) is 4.74 Å². The van der Waals surface area contributed by atoms with Crippen LogP contribution >= 0.6 is 0 Å². The Morgan fingerprint density at radius 3 is 2.44 bits per heavy atom. The van der Waals surface area contributed by atoms with E-state index in [1.807, 2.05) is 32.0 Å². The van der Waals surface area contributed by atoms with Crippen molar-refractivity contribution < 1.29 is 4.74 Å². The van der Waals surface area contributed by atoms with Gasteiger partial charge in [0.2, 0.25) is 0 Å². The lowest BCUT2D eigenvalue weighted by molar-refractivity contribution is 0.417. The fourth-order valence-electron chi connectivity index (χ4n) is 2.11. The van der Waals surface area contributed by atoms with Crippen molar-refractivity contribution >= 4 is 11.0 Å². The number of benzene rings is 1. The summed E-state index contributed by atoms with van der Waals surface area (Å²) in [5, 5.41) is 0. The number of aromatic nitrogens is 2. The van der Waals surface area contributed by atoms with Gasteiger partial charge in [-0.1, -0.05) is 6.07 Å². The lowest BCUT2D eigenvalue weighted by Gasteiger charge is -2.04. The molecular weight excluding hydrogens is 204 g/mol. The van der Waals surface area contributed by atoms with Crippen molar-refractivity contribution in [1.82, 2.24) is 9.13 Å². The molecule has 0 N–H and O–H groups in total. The number of para-hydroxylation sites is 1. The molecule has 4 nitrogen and oxygen atoms in total. The van der Waals surface area contributed by atoms with Crippen LogP contribution in [0.4, 0.5) is 0 Å². The van der Waals surface area contributed by atoms with Crippen LogP contribution in [-0.4, -0.2) is 16.2 Å². The lowest BCUT2D eigenvalue weighted by Crippen LogP contribution is -2.23. The average molecular weight is 220 g/mol. The Morgan fingerprint density at radius 2 is 1.88 bits per heavy atom. The van der Waals surface area contributed by atoms with Crippen LogP contribution in [0.2, 0.25) is 0 Å². The second-order valence-corrected chi connectivity index (χ2v) is 3.60. The predicted octanol–water partition coefficient (Wildman–Crippen LogP) is 1.85. The Kier molecular flexibility index (Phi) is 2.73. The van der Waals surface area contributed by atoms with Crippen LogP contribution in [0.1, 0.15) is 13.8 Å². The van der Waals surface area contributed by atoms with E-state index in [2.05, 4.69) is 0 Å². The third-order valence-corrected chi connectivity index (χ3v) is 2.85. The number of nitrogens with zero attached hydrogens (tertiary/aromatic N) is 2. The highest BCUT2D eigenvalue weighted by atomic mass is 16.5. The van der Waals surface area contributed by atoms with E-state index in [0.29, 0.717) is 13.1 Å². The molecule has 0 unspecified atom stereocenters. The SMILES string of the molecule is CCn1c(=O)n(CC)c2c(OC)cccc21. The van der Waals surface area contributed by atoms with E-state index in [1.165, 1.54) is 0 Å². The van der Waals surface area contributed by atoms with E-state index >= 15 is 0 Å². The van der Waals surface area contributed by atoms with Crippen molar-refractivity contribution in [3.63, 3.8) is 0 Å². The van der Waals surface area contributed by atoms with E-state index in [1.54, 1.807) is 16.2 Å². The molecule has 1 heterocycles. The molecule has 0 saturated carbocycles. The van der Waals surface area contributed by atoms with Crippen molar-refractivity contribution in [1.29, 1.82) is 0 Å². The first-order valence-corrected chi connectivity index (χ1v) is 5.50. The molecule has 86 valence electrons. The van der Waals surface area contributed by atoms with E-state index in [0.717, 1.165) is 16.8 Å². The number of hydrogen-bond acceptors (Lipinski definition) is 2. The molecule has 0 saturated heterocycles. The molecule has 2 aromatic rings. The molecule has 0 aliphatic carbocycles. The van der Waals surface area contributed by atoms with Crippen LogP contribution in [0.15, 0.2) is 23.0 Å². The van der Waals surface area contributed by atoms with Crippen LogP contribution in [0, 0.1) is 0 Å². The molecule has 2 rings (SSSR count). The van der Waals surface area contributed by atoms with Gasteiger partial charge in [0.25, 0.3) is 0 Å². The quantitative estimate of drug-likeness (QED) is 0.791. The van der Waals surface area contributed by atoms with Gasteiger partial charge in [-0.05, 0) is 26.0 Å². The van der Waals surface area contributed by atoms with E-state index in [-0.39, 0.29) is 5.69 Å². The molecule has 0 amide bonds. The Labute approximate surface area is 94.1 Å². The molecule has 0 fully saturated rings. The van der Waals surface area contributed by atoms with Gasteiger partial charge in [0.1, 0.15) is 11.3 Å². The van der Waals surface area contributed by atoms with E-state index < -0.39 is 0 Å². The van der Waals surface area contributed by atoms with Gasteiger partial charge in [-0.3, -0.25) is 9.13 Å². The smallest absolute Gasteiger partial charge is 0.329 e. The number of ether oxygens (including phenoxy) is 1. The maximum absolute atomic E-state index is 12.1. The second-order valence-electron chi connectivity index (χ2n) is 3.60. The molecule has 0 aliphatic rings. The summed E-state index contributed by atoms with van der Waals surface area (Å²) < 4.78 is 8.82. The minimum absolute atomic E-state index is 0.0319. The Hall–Kier alpha value is -1.71. The van der Waals surface area contributed by atoms with Gasteiger partial charge >= 0.3 is 5.69 Å². The van der Waals surface area contributed by atoms with Gasteiger partial charge < -0.3 is 4.74 Å². The molecular formula is C12H16N2O2. The first kappa shape index (κ1) is 10.8. The molecule has 1 aromatic heterocycles. The number of fused-ring (bicyclic) bond motifs is 1. The third-order valence-electron chi connectivity index (χ3n) is 2.85. The summed E-state index contributed by atoms with van der Waals surface area (Å²) in [5.41, 5.74) is 1.86. The highest BCUT2D eigenvalue weighted by Gasteiger charge is 2.14. The van der Waals surface area contributed by atoms with Gasteiger partial charge in [-0.2, -0.15) is 0 Å². The molecule has 0 radical (unpaired) electrons. The minimum atomic E-state index is 0.0319. The highest BCUT2D eigenvalue weighted by Crippen LogP contribution is 2.24. The van der Waals surface area contributed by atoms with Crippen LogP contribution in [0.25, 0.3) is 11.0 Å². The Bertz CT molecular complexity index is 566. The van der Waals surface area contributed by atoms with Crippen LogP contribution in [0.3, 0.4) is 0 Å². The van der Waals surface area contributed by atoms with Gasteiger partial charge in [0, 0.05) is 13.1 Å². The van der Waals surface area contributed by atoms with Gasteiger partial charge in [0.05, 0.1) is 12.6 Å². The van der Waals surface area contributed by atoms with Gasteiger partial charge in [-0.15, -0.1) is 0 Å². The first-order chi connectivity index (χ1) is 7.74. The zero-order valence-corrected chi connectivity index (χ0v) is 9.86. The molecule has 0 atom stereocenters. The molecule has 0 aliphatic heterocycles. The molecule has 0 bridgehead atoms. The van der Waals surface area contributed by atoms with Gasteiger partial charge in [-0.25, -0.2) is 4.79 Å². The molecule has 0 spiro atoms. The number of imidazole rings is 1. The number of rotatable bonds is 3. The fourth-order valence-corrected chi connectivity index (χ4v) is 2.11. The third kappa shape index (κ3) is 1.33. The lowest BCUT2D eigenvalue weighted by atomic mass is 10.3. The van der Waals surface area contributed by atoms with Crippen LogP contribution in [-0.2, 0) is 13.1 Å². The van der Waals surface area contributed by atoms with Crippen LogP contribution < -0.4 is 10.4 Å². The minimum Gasteiger partial charge on any atom is -0.494 e. The normalized spacial score (nSPS) is 10.9. The van der Waals surface area contributed by atoms with Crippen LogP contribution in [0.5, 0.6) is 5.75 Å². The highest BCUT2D eigenvalue weighted by molar-refractivity contribution is 5.82. The Morgan fingerprint density at radius 1 is 1.19 bits per heavy atom. The molecule has 4 heteroatoms. The summed E-state index contributed by atoms with van der Waals surface area (Å²) in [4.78, 5) is 12.1. The van der Waals surface area contributed by atoms with Crippen molar-refractivity contribution in [2.24, 2.45) is 0 Å². The van der Waals surface area contributed by atoms with Crippen molar-refractivity contribution in [2.45, 2.75) is 26.9 Å². The van der Waals surface area contributed by atoms with E-state index in [9.17, 15) is 4.79 Å². The zero-order chi connectivity index (χ0) is 11.7. The average Bonchev–Trinajstić information content (AvgIpc) is 2.59. The number of methoxy groups -OCH3 is 1. The zero-order valence-electron chi connectivity index (χ0n) is 9.86. The maximum atomic E-state index is 12.1. The monoisotopic (exact) mass is 220 g/mol. The maximum Gasteiger partial charge on any atom is 0.329 e. The standard InChI is InChI=1S/C12H16N2O2/c1-4-13-9-7-6-8-10(16-3)11(9)14(5-2)12(13)15/h6-8H,4-5H2,1-3H3. The van der Waals surface area contributed by atoms with Crippen molar-refractivity contribution in [3.8, 4) is 5.75 Å². The summed E-state index contributed by atoms with van der Waals surface area (Å²) in [6.07, 6.45) is 0. The largest absolute Gasteiger partial charge is 0.494 e. The first-order valence-electron chi connectivity index (χ1n) is 5.50. The number of aryl methyl sites for hydroxylation is 2. The summed E-state index contributed by atoms with van der Waals surface area (Å²) in [7, 11) is 1.63. The number of hydrogen-bond donors (Lipinski definition) is 0. The topological polar surface area (TPSA) is 36.2 Å². The summed E-state index contributed by atoms with van der Waals surface area (Å²) >= 11 is 0. The van der Waals surface area contributed by atoms with Gasteiger partial charge in [0.15, 0.2) is 0 Å². The summed E-state index contributed by atoms with van der Waals surface area (Å²) in [5.74, 6) is 0.753. The van der Waals surface area contributed by atoms with Crippen molar-refractivity contribution in [3.05, 3.63) is 28.7 Å². The molecule has 1 aromatic carbocycles. The predicted molar refractivity (Wildman–Crippen MR) is 64.1 cm³/mol.